The second-order valence-electron chi connectivity index (χ2n) is 6.12. The van der Waals surface area contributed by atoms with Crippen LogP contribution in [-0.2, 0) is 10.5 Å². The van der Waals surface area contributed by atoms with Gasteiger partial charge < -0.3 is 9.72 Å². The van der Waals surface area contributed by atoms with Crippen molar-refractivity contribution < 1.29 is 9.53 Å². The average molecular weight is 427 g/mol. The van der Waals surface area contributed by atoms with Crippen LogP contribution in [0.25, 0.3) is 16.7 Å². The molecule has 0 bridgehead atoms. The normalized spacial score (nSPS) is 11.0. The Morgan fingerprint density at radius 2 is 2.03 bits per heavy atom. The van der Waals surface area contributed by atoms with Gasteiger partial charge in [0.1, 0.15) is 5.39 Å². The summed E-state index contributed by atoms with van der Waals surface area (Å²) in [5.41, 5.74) is 2.39. The van der Waals surface area contributed by atoms with Gasteiger partial charge in [-0.2, -0.15) is 5.10 Å². The minimum Gasteiger partial charge on any atom is -0.465 e. The van der Waals surface area contributed by atoms with E-state index in [1.807, 2.05) is 24.3 Å². The number of halogens is 1. The first kappa shape index (κ1) is 19.2. The van der Waals surface area contributed by atoms with Crippen molar-refractivity contribution in [2.45, 2.75) is 10.9 Å². The lowest BCUT2D eigenvalue weighted by molar-refractivity contribution is 0.0600. The number of hydrogen-bond donors (Lipinski definition) is 1. The fourth-order valence-electron chi connectivity index (χ4n) is 2.77. The Balaban J connectivity index is 1.60. The van der Waals surface area contributed by atoms with Gasteiger partial charge in [-0.25, -0.2) is 14.5 Å². The third kappa shape index (κ3) is 4.03. The van der Waals surface area contributed by atoms with Gasteiger partial charge >= 0.3 is 5.97 Å². The summed E-state index contributed by atoms with van der Waals surface area (Å²) in [4.78, 5) is 31.3. The summed E-state index contributed by atoms with van der Waals surface area (Å²) < 4.78 is 6.29. The van der Waals surface area contributed by atoms with Crippen LogP contribution in [0.2, 0.25) is 5.02 Å². The van der Waals surface area contributed by atoms with Crippen molar-refractivity contribution in [2.75, 3.05) is 7.11 Å². The van der Waals surface area contributed by atoms with Crippen LogP contribution >= 0.6 is 23.4 Å². The molecular weight excluding hydrogens is 412 g/mol. The molecule has 9 heteroatoms. The minimum atomic E-state index is -0.380. The van der Waals surface area contributed by atoms with Crippen molar-refractivity contribution in [1.82, 2.24) is 19.7 Å². The van der Waals surface area contributed by atoms with Crippen molar-refractivity contribution in [2.24, 2.45) is 0 Å². The average Bonchev–Trinajstić information content (AvgIpc) is 3.17. The highest BCUT2D eigenvalue weighted by Crippen LogP contribution is 2.22. The van der Waals surface area contributed by atoms with E-state index in [1.54, 1.807) is 28.9 Å². The molecule has 2 aromatic heterocycles. The molecule has 29 heavy (non-hydrogen) atoms. The number of hydrogen-bond acceptors (Lipinski definition) is 6. The van der Waals surface area contributed by atoms with Crippen LogP contribution in [0.15, 0.2) is 64.7 Å². The monoisotopic (exact) mass is 426 g/mol. The number of thioether (sulfide) groups is 1. The Labute approximate surface area is 174 Å². The molecule has 0 unspecified atom stereocenters. The van der Waals surface area contributed by atoms with E-state index >= 15 is 0 Å². The SMILES string of the molecule is COC(=O)c1ccc(CSc2nc3c(cnn3-c3cccc(Cl)c3)c(=O)[nH]2)cc1. The molecule has 7 nitrogen and oxygen atoms in total. The second kappa shape index (κ2) is 8.10. The lowest BCUT2D eigenvalue weighted by Crippen LogP contribution is -2.09. The number of rotatable bonds is 5. The lowest BCUT2D eigenvalue weighted by atomic mass is 10.1. The van der Waals surface area contributed by atoms with E-state index in [2.05, 4.69) is 15.1 Å². The number of esters is 1. The predicted molar refractivity (Wildman–Crippen MR) is 112 cm³/mol. The molecule has 4 rings (SSSR count). The van der Waals surface area contributed by atoms with Crippen molar-refractivity contribution in [1.29, 1.82) is 0 Å². The molecule has 2 aromatic carbocycles. The maximum absolute atomic E-state index is 12.4. The van der Waals surface area contributed by atoms with Crippen molar-refractivity contribution >= 4 is 40.4 Å². The number of methoxy groups -OCH3 is 1. The van der Waals surface area contributed by atoms with Gasteiger partial charge in [0.2, 0.25) is 0 Å². The first-order valence-corrected chi connectivity index (χ1v) is 9.95. The van der Waals surface area contributed by atoms with Crippen molar-refractivity contribution in [3.8, 4) is 5.69 Å². The number of nitrogens with one attached hydrogen (secondary N) is 1. The molecule has 0 aliphatic rings. The summed E-state index contributed by atoms with van der Waals surface area (Å²) in [6, 6.07) is 14.3. The molecule has 0 spiro atoms. The van der Waals surface area contributed by atoms with E-state index in [-0.39, 0.29) is 11.5 Å². The van der Waals surface area contributed by atoms with Crippen LogP contribution in [0.4, 0.5) is 0 Å². The van der Waals surface area contributed by atoms with E-state index in [9.17, 15) is 9.59 Å². The number of carbonyl (C=O) groups excluding carboxylic acids is 1. The van der Waals surface area contributed by atoms with Crippen LogP contribution in [0, 0.1) is 0 Å². The number of H-pyrrole nitrogens is 1. The molecule has 0 atom stereocenters. The first-order chi connectivity index (χ1) is 14.0. The summed E-state index contributed by atoms with van der Waals surface area (Å²) in [5, 5.41) is 5.73. The zero-order valence-corrected chi connectivity index (χ0v) is 16.8. The molecule has 0 fully saturated rings. The molecule has 0 amide bonds. The van der Waals surface area contributed by atoms with E-state index < -0.39 is 0 Å². The third-order valence-electron chi connectivity index (χ3n) is 4.22. The smallest absolute Gasteiger partial charge is 0.337 e. The highest BCUT2D eigenvalue weighted by Gasteiger charge is 2.12. The molecule has 146 valence electrons. The molecular formula is C20H15ClN4O3S. The molecule has 0 saturated carbocycles. The fraction of sp³-hybridized carbons (Fsp3) is 0.100. The van der Waals surface area contributed by atoms with Gasteiger partial charge in [-0.15, -0.1) is 0 Å². The zero-order valence-electron chi connectivity index (χ0n) is 15.3. The Morgan fingerprint density at radius 1 is 1.24 bits per heavy atom. The van der Waals surface area contributed by atoms with Crippen LogP contribution in [0.3, 0.4) is 0 Å². The van der Waals surface area contributed by atoms with E-state index in [0.717, 1.165) is 11.3 Å². The summed E-state index contributed by atoms with van der Waals surface area (Å²) in [5.74, 6) is 0.191. The molecule has 2 heterocycles. The summed E-state index contributed by atoms with van der Waals surface area (Å²) in [6.07, 6.45) is 1.49. The Morgan fingerprint density at radius 3 is 2.76 bits per heavy atom. The molecule has 0 aliphatic heterocycles. The fourth-order valence-corrected chi connectivity index (χ4v) is 3.77. The van der Waals surface area contributed by atoms with E-state index in [0.29, 0.717) is 32.5 Å². The molecule has 1 N–H and O–H groups in total. The number of ether oxygens (including phenoxy) is 1. The maximum Gasteiger partial charge on any atom is 0.337 e. The minimum absolute atomic E-state index is 0.258. The zero-order chi connectivity index (χ0) is 20.4. The van der Waals surface area contributed by atoms with Crippen LogP contribution in [0.5, 0.6) is 0 Å². The number of carbonyl (C=O) groups is 1. The Kier molecular flexibility index (Phi) is 5.37. The number of benzene rings is 2. The topological polar surface area (TPSA) is 89.9 Å². The maximum atomic E-state index is 12.4. The van der Waals surface area contributed by atoms with E-state index in [4.69, 9.17) is 16.3 Å². The van der Waals surface area contributed by atoms with E-state index in [1.165, 1.54) is 25.1 Å². The number of fused-ring (bicyclic) bond motifs is 1. The van der Waals surface area contributed by atoms with Gasteiger partial charge in [0.25, 0.3) is 5.56 Å². The largest absolute Gasteiger partial charge is 0.465 e. The number of aromatic nitrogens is 4. The van der Waals surface area contributed by atoms with Gasteiger partial charge in [0, 0.05) is 10.8 Å². The standard InChI is InChI=1S/C20H15ClN4O3S/c1-28-19(27)13-7-5-12(6-8-13)11-29-20-23-17-16(18(26)24-20)10-22-25(17)15-4-2-3-14(21)9-15/h2-10H,11H2,1H3,(H,23,24,26). The van der Waals surface area contributed by atoms with Crippen molar-refractivity contribution in [3.05, 3.63) is 81.2 Å². The number of aromatic amines is 1. The van der Waals surface area contributed by atoms with Gasteiger partial charge in [0.15, 0.2) is 10.8 Å². The molecule has 0 radical (unpaired) electrons. The van der Waals surface area contributed by atoms with Crippen LogP contribution < -0.4 is 5.56 Å². The summed E-state index contributed by atoms with van der Waals surface area (Å²) >= 11 is 7.45. The summed E-state index contributed by atoms with van der Waals surface area (Å²) in [7, 11) is 1.35. The Hall–Kier alpha value is -3.10. The van der Waals surface area contributed by atoms with Crippen molar-refractivity contribution in [3.63, 3.8) is 0 Å². The van der Waals surface area contributed by atoms with Gasteiger partial charge in [-0.3, -0.25) is 4.79 Å². The number of nitrogens with zero attached hydrogens (tertiary/aromatic N) is 3. The van der Waals surface area contributed by atoms with Crippen LogP contribution in [-0.4, -0.2) is 32.8 Å². The lowest BCUT2D eigenvalue weighted by Gasteiger charge is -2.06. The molecule has 0 aliphatic carbocycles. The summed E-state index contributed by atoms with van der Waals surface area (Å²) in [6.45, 7) is 0. The Bertz CT molecular complexity index is 1250. The highest BCUT2D eigenvalue weighted by atomic mass is 35.5. The van der Waals surface area contributed by atoms with Crippen LogP contribution in [0.1, 0.15) is 15.9 Å². The van der Waals surface area contributed by atoms with Gasteiger partial charge in [-0.1, -0.05) is 41.6 Å². The quantitative estimate of drug-likeness (QED) is 0.296. The van der Waals surface area contributed by atoms with Gasteiger partial charge in [-0.05, 0) is 35.9 Å². The third-order valence-corrected chi connectivity index (χ3v) is 5.40. The highest BCUT2D eigenvalue weighted by molar-refractivity contribution is 7.98. The second-order valence-corrected chi connectivity index (χ2v) is 7.52. The first-order valence-electron chi connectivity index (χ1n) is 8.59. The molecule has 4 aromatic rings. The van der Waals surface area contributed by atoms with Gasteiger partial charge in [0.05, 0.1) is 24.6 Å². The predicted octanol–water partition coefficient (Wildman–Crippen LogP) is 3.84. The molecule has 0 saturated heterocycles.